The number of rotatable bonds is 3. The van der Waals surface area contributed by atoms with Crippen LogP contribution in [0.3, 0.4) is 0 Å². The Hall–Kier alpha value is -1.20. The zero-order valence-corrected chi connectivity index (χ0v) is 11.1. The Morgan fingerprint density at radius 3 is 2.83 bits per heavy atom. The zero-order valence-electron chi connectivity index (χ0n) is 10.3. The van der Waals surface area contributed by atoms with E-state index in [1.807, 2.05) is 6.07 Å². The Kier molecular flexibility index (Phi) is 3.43. The van der Waals surface area contributed by atoms with E-state index in [1.165, 1.54) is 25.7 Å². The Balaban J connectivity index is 1.71. The number of nitrogens with one attached hydrogen (secondary N) is 1. The Morgan fingerprint density at radius 1 is 1.33 bits per heavy atom. The van der Waals surface area contributed by atoms with Gasteiger partial charge in [0.2, 0.25) is 0 Å². The SMILES string of the molecule is NCC1CCC(c2nc(-c3cccs3)n[nH]2)CC1. The first-order valence-corrected chi connectivity index (χ1v) is 7.41. The first kappa shape index (κ1) is 11.9. The van der Waals surface area contributed by atoms with Crippen molar-refractivity contribution >= 4 is 11.3 Å². The van der Waals surface area contributed by atoms with Gasteiger partial charge in [-0.2, -0.15) is 5.10 Å². The summed E-state index contributed by atoms with van der Waals surface area (Å²) in [4.78, 5) is 5.77. The molecule has 1 aliphatic carbocycles. The lowest BCUT2D eigenvalue weighted by Crippen LogP contribution is -2.21. The van der Waals surface area contributed by atoms with Crippen molar-refractivity contribution in [1.82, 2.24) is 15.2 Å². The van der Waals surface area contributed by atoms with E-state index < -0.39 is 0 Å². The molecule has 1 fully saturated rings. The van der Waals surface area contributed by atoms with Crippen LogP contribution in [0.4, 0.5) is 0 Å². The van der Waals surface area contributed by atoms with Crippen molar-refractivity contribution in [2.45, 2.75) is 31.6 Å². The number of nitrogens with zero attached hydrogens (tertiary/aromatic N) is 2. The predicted octanol–water partition coefficient (Wildman–Crippen LogP) is 2.77. The number of H-pyrrole nitrogens is 1. The second kappa shape index (κ2) is 5.20. The van der Waals surface area contributed by atoms with Crippen LogP contribution < -0.4 is 5.73 Å². The van der Waals surface area contributed by atoms with Crippen LogP contribution in [0.25, 0.3) is 10.7 Å². The summed E-state index contributed by atoms with van der Waals surface area (Å²) in [5.41, 5.74) is 5.72. The molecule has 2 aromatic rings. The predicted molar refractivity (Wildman–Crippen MR) is 73.4 cm³/mol. The van der Waals surface area contributed by atoms with Crippen molar-refractivity contribution in [3.63, 3.8) is 0 Å². The van der Waals surface area contributed by atoms with Crippen molar-refractivity contribution in [3.8, 4) is 10.7 Å². The maximum Gasteiger partial charge on any atom is 0.191 e. The lowest BCUT2D eigenvalue weighted by molar-refractivity contribution is 0.326. The molecule has 0 radical (unpaired) electrons. The summed E-state index contributed by atoms with van der Waals surface area (Å²) >= 11 is 1.68. The molecule has 0 aromatic carbocycles. The van der Waals surface area contributed by atoms with Crippen LogP contribution in [0.5, 0.6) is 0 Å². The van der Waals surface area contributed by atoms with Crippen molar-refractivity contribution in [3.05, 3.63) is 23.3 Å². The first-order chi connectivity index (χ1) is 8.86. The molecular weight excluding hydrogens is 244 g/mol. The van der Waals surface area contributed by atoms with Crippen molar-refractivity contribution < 1.29 is 0 Å². The van der Waals surface area contributed by atoms with Gasteiger partial charge in [-0.25, -0.2) is 4.98 Å². The van der Waals surface area contributed by atoms with Gasteiger partial charge in [0.25, 0.3) is 0 Å². The van der Waals surface area contributed by atoms with E-state index in [0.29, 0.717) is 11.8 Å². The van der Waals surface area contributed by atoms with Crippen LogP contribution in [0.1, 0.15) is 37.4 Å². The highest BCUT2D eigenvalue weighted by Crippen LogP contribution is 2.34. The largest absolute Gasteiger partial charge is 0.330 e. The van der Waals surface area contributed by atoms with Gasteiger partial charge in [-0.3, -0.25) is 5.10 Å². The maximum atomic E-state index is 5.72. The summed E-state index contributed by atoms with van der Waals surface area (Å²) in [5, 5.41) is 9.49. The topological polar surface area (TPSA) is 67.6 Å². The maximum absolute atomic E-state index is 5.72. The quantitative estimate of drug-likeness (QED) is 0.893. The van der Waals surface area contributed by atoms with Gasteiger partial charge in [0, 0.05) is 5.92 Å². The monoisotopic (exact) mass is 262 g/mol. The van der Waals surface area contributed by atoms with Crippen LogP contribution >= 0.6 is 11.3 Å². The van der Waals surface area contributed by atoms with Crippen LogP contribution in [0, 0.1) is 5.92 Å². The molecule has 0 saturated heterocycles. The van der Waals surface area contributed by atoms with Gasteiger partial charge in [0.15, 0.2) is 5.82 Å². The first-order valence-electron chi connectivity index (χ1n) is 6.53. The minimum absolute atomic E-state index is 0.536. The molecule has 1 saturated carbocycles. The van der Waals surface area contributed by atoms with Crippen molar-refractivity contribution in [2.24, 2.45) is 11.7 Å². The molecule has 96 valence electrons. The van der Waals surface area contributed by atoms with E-state index in [2.05, 4.69) is 26.6 Å². The third-order valence-corrected chi connectivity index (χ3v) is 4.68. The van der Waals surface area contributed by atoms with E-state index in [-0.39, 0.29) is 0 Å². The number of hydrogen-bond donors (Lipinski definition) is 2. The Morgan fingerprint density at radius 2 is 2.17 bits per heavy atom. The number of nitrogens with two attached hydrogens (primary N) is 1. The van der Waals surface area contributed by atoms with Crippen LogP contribution in [-0.4, -0.2) is 21.7 Å². The van der Waals surface area contributed by atoms with Gasteiger partial charge in [-0.1, -0.05) is 6.07 Å². The van der Waals surface area contributed by atoms with Crippen LogP contribution in [-0.2, 0) is 0 Å². The van der Waals surface area contributed by atoms with Crippen molar-refractivity contribution in [2.75, 3.05) is 6.54 Å². The highest BCUT2D eigenvalue weighted by Gasteiger charge is 2.24. The number of hydrogen-bond acceptors (Lipinski definition) is 4. The molecule has 0 spiro atoms. The lowest BCUT2D eigenvalue weighted by atomic mass is 9.82. The fourth-order valence-electron chi connectivity index (χ4n) is 2.64. The van der Waals surface area contributed by atoms with Gasteiger partial charge < -0.3 is 5.73 Å². The average molecular weight is 262 g/mol. The Bertz CT molecular complexity index is 483. The molecule has 0 aliphatic heterocycles. The highest BCUT2D eigenvalue weighted by molar-refractivity contribution is 7.13. The van der Waals surface area contributed by atoms with E-state index in [4.69, 9.17) is 5.73 Å². The van der Waals surface area contributed by atoms with Gasteiger partial charge in [0.1, 0.15) is 5.82 Å². The molecule has 2 heterocycles. The molecule has 0 unspecified atom stereocenters. The molecule has 3 rings (SSSR count). The average Bonchev–Trinajstić information content (AvgIpc) is 3.09. The molecule has 0 bridgehead atoms. The summed E-state index contributed by atoms with van der Waals surface area (Å²) in [6, 6.07) is 4.09. The highest BCUT2D eigenvalue weighted by atomic mass is 32.1. The smallest absolute Gasteiger partial charge is 0.191 e. The summed E-state index contributed by atoms with van der Waals surface area (Å²) in [6.45, 7) is 0.823. The van der Waals surface area contributed by atoms with E-state index in [9.17, 15) is 0 Å². The van der Waals surface area contributed by atoms with Crippen LogP contribution in [0.2, 0.25) is 0 Å². The number of aromatic amines is 1. The van der Waals surface area contributed by atoms with Crippen LogP contribution in [0.15, 0.2) is 17.5 Å². The second-order valence-electron chi connectivity index (χ2n) is 4.97. The third-order valence-electron chi connectivity index (χ3n) is 3.81. The standard InChI is InChI=1S/C13H18N4S/c14-8-9-3-5-10(6-4-9)12-15-13(17-16-12)11-2-1-7-18-11/h1-2,7,9-10H,3-6,8,14H2,(H,15,16,17). The molecule has 0 amide bonds. The lowest BCUT2D eigenvalue weighted by Gasteiger charge is -2.25. The summed E-state index contributed by atoms with van der Waals surface area (Å²) in [7, 11) is 0. The van der Waals surface area contributed by atoms with Gasteiger partial charge >= 0.3 is 0 Å². The molecule has 18 heavy (non-hydrogen) atoms. The molecular formula is C13H18N4S. The number of aromatic nitrogens is 3. The van der Waals surface area contributed by atoms with E-state index >= 15 is 0 Å². The summed E-state index contributed by atoms with van der Waals surface area (Å²) in [5.74, 6) is 3.13. The van der Waals surface area contributed by atoms with Gasteiger partial charge in [-0.15, -0.1) is 11.3 Å². The fourth-order valence-corrected chi connectivity index (χ4v) is 3.30. The van der Waals surface area contributed by atoms with E-state index in [0.717, 1.165) is 23.1 Å². The zero-order chi connectivity index (χ0) is 12.4. The van der Waals surface area contributed by atoms with E-state index in [1.54, 1.807) is 11.3 Å². The molecule has 2 aromatic heterocycles. The third kappa shape index (κ3) is 2.33. The number of thiophene rings is 1. The Labute approximate surface area is 111 Å². The second-order valence-corrected chi connectivity index (χ2v) is 5.92. The fraction of sp³-hybridized carbons (Fsp3) is 0.538. The minimum atomic E-state index is 0.536. The summed E-state index contributed by atoms with van der Waals surface area (Å²) in [6.07, 6.45) is 4.80. The minimum Gasteiger partial charge on any atom is -0.330 e. The van der Waals surface area contributed by atoms with Crippen molar-refractivity contribution in [1.29, 1.82) is 0 Å². The van der Waals surface area contributed by atoms with Gasteiger partial charge in [0.05, 0.1) is 4.88 Å². The van der Waals surface area contributed by atoms with Gasteiger partial charge in [-0.05, 0) is 49.6 Å². The molecule has 3 N–H and O–H groups in total. The molecule has 5 heteroatoms. The molecule has 1 aliphatic rings. The summed E-state index contributed by atoms with van der Waals surface area (Å²) < 4.78 is 0. The molecule has 4 nitrogen and oxygen atoms in total. The normalized spacial score (nSPS) is 24.3. The molecule has 0 atom stereocenters.